The largest absolute Gasteiger partial charge is 0.382 e. The van der Waals surface area contributed by atoms with Crippen LogP contribution in [0, 0.1) is 5.41 Å². The van der Waals surface area contributed by atoms with Crippen LogP contribution < -0.4 is 0 Å². The van der Waals surface area contributed by atoms with Gasteiger partial charge < -0.3 is 80.5 Å². The minimum Gasteiger partial charge on any atom is -0.382 e. The fraction of sp³-hybridized carbons (Fsp3) is 1.00. The van der Waals surface area contributed by atoms with E-state index in [0.29, 0.717) is 198 Å². The van der Waals surface area contributed by atoms with E-state index in [0.717, 1.165) is 0 Å². The molecule has 1 aliphatic rings. The molecule has 1 rings (SSSR count). The van der Waals surface area contributed by atoms with Crippen molar-refractivity contribution >= 4 is 0 Å². The number of rotatable bonds is 46. The van der Waals surface area contributed by atoms with Crippen molar-refractivity contribution in [3.8, 4) is 0 Å². The van der Waals surface area contributed by atoms with Crippen molar-refractivity contribution in [2.45, 2.75) is 6.10 Å². The Labute approximate surface area is 311 Å². The molecule has 17 heteroatoms. The molecule has 0 aliphatic carbocycles. The lowest BCUT2D eigenvalue weighted by Crippen LogP contribution is -2.43. The van der Waals surface area contributed by atoms with Gasteiger partial charge in [0.1, 0.15) is 6.10 Å². The van der Waals surface area contributed by atoms with E-state index in [1.165, 1.54) is 0 Å². The Bertz CT molecular complexity index is 618. The Hall–Kier alpha value is -0.680. The lowest BCUT2D eigenvalue weighted by molar-refractivity contribution is -0.120. The van der Waals surface area contributed by atoms with Crippen molar-refractivity contribution in [2.75, 3.05) is 220 Å². The maximum atomic E-state index is 6.08. The van der Waals surface area contributed by atoms with Gasteiger partial charge in [0.2, 0.25) is 0 Å². The van der Waals surface area contributed by atoms with Crippen molar-refractivity contribution in [3.05, 3.63) is 0 Å². The molecule has 0 aromatic rings. The SMILES string of the molecule is COCCOCCOCCOCCOCC(COCCOCCOCCOCCOC)(COCCOCCOCCOCCOC)COCC1CO1. The molecule has 1 aliphatic heterocycles. The van der Waals surface area contributed by atoms with Gasteiger partial charge in [0.25, 0.3) is 0 Å². The average molecular weight is 763 g/mol. The number of epoxide rings is 1. The van der Waals surface area contributed by atoms with Gasteiger partial charge in [0.15, 0.2) is 0 Å². The minimum atomic E-state index is -0.571. The van der Waals surface area contributed by atoms with Gasteiger partial charge in [-0.25, -0.2) is 0 Å². The van der Waals surface area contributed by atoms with Crippen LogP contribution in [0.2, 0.25) is 0 Å². The zero-order valence-electron chi connectivity index (χ0n) is 32.2. The topological polar surface area (TPSA) is 160 Å². The summed E-state index contributed by atoms with van der Waals surface area (Å²) >= 11 is 0. The minimum absolute atomic E-state index is 0.132. The van der Waals surface area contributed by atoms with Crippen LogP contribution >= 0.6 is 0 Å². The third kappa shape index (κ3) is 35.0. The van der Waals surface area contributed by atoms with Crippen LogP contribution in [0.5, 0.6) is 0 Å². The van der Waals surface area contributed by atoms with E-state index in [2.05, 4.69) is 0 Å². The highest BCUT2D eigenvalue weighted by Crippen LogP contribution is 2.22. The summed E-state index contributed by atoms with van der Waals surface area (Å²) in [5.74, 6) is 0. The summed E-state index contributed by atoms with van der Waals surface area (Å²) in [5, 5.41) is 0. The van der Waals surface area contributed by atoms with Crippen LogP contribution in [0.3, 0.4) is 0 Å². The molecule has 0 spiro atoms. The van der Waals surface area contributed by atoms with E-state index in [9.17, 15) is 0 Å². The third-order valence-corrected chi connectivity index (χ3v) is 6.98. The van der Waals surface area contributed by atoms with Gasteiger partial charge in [-0.1, -0.05) is 0 Å². The fourth-order valence-electron chi connectivity index (χ4n) is 4.09. The molecule has 0 bridgehead atoms. The van der Waals surface area contributed by atoms with Gasteiger partial charge in [-0.15, -0.1) is 0 Å². The smallest absolute Gasteiger partial charge is 0.104 e. The summed E-state index contributed by atoms with van der Waals surface area (Å²) in [7, 11) is 4.93. The van der Waals surface area contributed by atoms with Crippen molar-refractivity contribution in [1.82, 2.24) is 0 Å². The van der Waals surface area contributed by atoms with Crippen LogP contribution in [0.4, 0.5) is 0 Å². The van der Waals surface area contributed by atoms with Gasteiger partial charge in [0, 0.05) is 21.3 Å². The van der Waals surface area contributed by atoms with Crippen molar-refractivity contribution in [3.63, 3.8) is 0 Å². The monoisotopic (exact) mass is 762 g/mol. The summed E-state index contributed by atoms with van der Waals surface area (Å²) in [6.45, 7) is 14.3. The number of methoxy groups -OCH3 is 3. The highest BCUT2D eigenvalue weighted by Gasteiger charge is 2.34. The Balaban J connectivity index is 2.40. The van der Waals surface area contributed by atoms with E-state index in [4.69, 9.17) is 80.5 Å². The predicted octanol–water partition coefficient (Wildman–Crippen LogP) is 0.527. The molecular formula is C35H70O17. The van der Waals surface area contributed by atoms with Gasteiger partial charge >= 0.3 is 0 Å². The summed E-state index contributed by atoms with van der Waals surface area (Å²) in [6, 6.07) is 0. The number of ether oxygens (including phenoxy) is 17. The average Bonchev–Trinajstić information content (AvgIpc) is 3.98. The van der Waals surface area contributed by atoms with E-state index in [1.807, 2.05) is 0 Å². The van der Waals surface area contributed by atoms with E-state index < -0.39 is 5.41 Å². The van der Waals surface area contributed by atoms with E-state index in [-0.39, 0.29) is 6.10 Å². The quantitative estimate of drug-likeness (QED) is 0.0624. The molecule has 17 nitrogen and oxygen atoms in total. The van der Waals surface area contributed by atoms with Crippen LogP contribution in [-0.4, -0.2) is 226 Å². The molecule has 0 radical (unpaired) electrons. The molecule has 1 fully saturated rings. The van der Waals surface area contributed by atoms with Gasteiger partial charge in [0.05, 0.1) is 204 Å². The molecule has 1 heterocycles. The predicted molar refractivity (Wildman–Crippen MR) is 188 cm³/mol. The van der Waals surface area contributed by atoms with Gasteiger partial charge in [-0.2, -0.15) is 0 Å². The second-order valence-corrected chi connectivity index (χ2v) is 11.6. The number of hydrogen-bond donors (Lipinski definition) is 0. The summed E-state index contributed by atoms with van der Waals surface area (Å²) < 4.78 is 94.2. The third-order valence-electron chi connectivity index (χ3n) is 6.98. The molecule has 1 saturated heterocycles. The first-order chi connectivity index (χ1) is 25.8. The van der Waals surface area contributed by atoms with Crippen LogP contribution in [0.1, 0.15) is 0 Å². The molecule has 1 unspecified atom stereocenters. The fourth-order valence-corrected chi connectivity index (χ4v) is 4.09. The maximum Gasteiger partial charge on any atom is 0.104 e. The zero-order chi connectivity index (χ0) is 37.3. The Morgan fingerprint density at radius 3 is 0.769 bits per heavy atom. The Morgan fingerprint density at radius 2 is 0.538 bits per heavy atom. The van der Waals surface area contributed by atoms with Crippen LogP contribution in [-0.2, 0) is 80.5 Å². The van der Waals surface area contributed by atoms with Crippen LogP contribution in [0.25, 0.3) is 0 Å². The highest BCUT2D eigenvalue weighted by molar-refractivity contribution is 4.80. The number of hydrogen-bond acceptors (Lipinski definition) is 17. The second-order valence-electron chi connectivity index (χ2n) is 11.6. The highest BCUT2D eigenvalue weighted by atomic mass is 16.6. The zero-order valence-corrected chi connectivity index (χ0v) is 32.2. The molecule has 0 aromatic carbocycles. The summed E-state index contributed by atoms with van der Waals surface area (Å²) in [6.07, 6.45) is 0.132. The molecule has 0 aromatic heterocycles. The molecule has 52 heavy (non-hydrogen) atoms. The lowest BCUT2D eigenvalue weighted by Gasteiger charge is -2.33. The lowest BCUT2D eigenvalue weighted by atomic mass is 9.92. The normalized spacial score (nSPS) is 14.5. The second kappa shape index (κ2) is 40.0. The van der Waals surface area contributed by atoms with E-state index in [1.54, 1.807) is 21.3 Å². The molecule has 0 saturated carbocycles. The first kappa shape index (κ1) is 49.3. The Morgan fingerprint density at radius 1 is 0.327 bits per heavy atom. The maximum absolute atomic E-state index is 6.08. The van der Waals surface area contributed by atoms with Crippen molar-refractivity contribution in [2.24, 2.45) is 5.41 Å². The molecular weight excluding hydrogens is 692 g/mol. The molecule has 0 amide bonds. The van der Waals surface area contributed by atoms with Gasteiger partial charge in [-0.3, -0.25) is 0 Å². The van der Waals surface area contributed by atoms with Crippen molar-refractivity contribution < 1.29 is 80.5 Å². The summed E-state index contributed by atoms with van der Waals surface area (Å²) in [4.78, 5) is 0. The Kier molecular flexibility index (Phi) is 38.0. The first-order valence-electron chi connectivity index (χ1n) is 18.4. The standard InChI is InChI=1S/C35H70O17/c1-36-4-7-39-10-13-42-16-19-45-22-25-48-30-35(33-51-28-34-29-52-34,31-49-26-23-46-20-17-43-14-11-40-8-5-37-2)32-50-27-24-47-21-18-44-15-12-41-9-6-38-3/h34H,4-33H2,1-3H3. The molecule has 1 atom stereocenters. The summed E-state index contributed by atoms with van der Waals surface area (Å²) in [5.41, 5.74) is -0.571. The van der Waals surface area contributed by atoms with Crippen molar-refractivity contribution in [1.29, 1.82) is 0 Å². The van der Waals surface area contributed by atoms with Crippen LogP contribution in [0.15, 0.2) is 0 Å². The first-order valence-corrected chi connectivity index (χ1v) is 18.4. The molecule has 312 valence electrons. The van der Waals surface area contributed by atoms with Gasteiger partial charge in [-0.05, 0) is 0 Å². The van der Waals surface area contributed by atoms with E-state index >= 15 is 0 Å². The molecule has 0 N–H and O–H groups in total.